The zero-order valence-corrected chi connectivity index (χ0v) is 12.9. The number of likely N-dealkylation sites (tertiary alicyclic amines) is 1. The Hall–Kier alpha value is -2.14. The van der Waals surface area contributed by atoms with Crippen molar-refractivity contribution >= 4 is 23.3 Å². The van der Waals surface area contributed by atoms with Crippen LogP contribution in [-0.2, 0) is 6.54 Å². The first-order valence-corrected chi connectivity index (χ1v) is 7.70. The van der Waals surface area contributed by atoms with Gasteiger partial charge in [0, 0.05) is 30.7 Å². The van der Waals surface area contributed by atoms with Gasteiger partial charge in [-0.3, -0.25) is 4.79 Å². The molecule has 1 aliphatic heterocycles. The lowest BCUT2D eigenvalue weighted by atomic mass is 10.2. The molecule has 1 fully saturated rings. The Morgan fingerprint density at radius 3 is 2.64 bits per heavy atom. The van der Waals surface area contributed by atoms with Crippen molar-refractivity contribution in [3.05, 3.63) is 52.9 Å². The van der Waals surface area contributed by atoms with Crippen molar-refractivity contribution in [3.8, 4) is 0 Å². The quantitative estimate of drug-likeness (QED) is 0.942. The number of anilines is 1. The number of carbonyl (C=O) groups is 1. The van der Waals surface area contributed by atoms with Gasteiger partial charge in [-0.2, -0.15) is 0 Å². The van der Waals surface area contributed by atoms with Crippen LogP contribution in [-0.4, -0.2) is 33.9 Å². The lowest BCUT2D eigenvalue weighted by molar-refractivity contribution is 0.0787. The zero-order chi connectivity index (χ0) is 15.4. The monoisotopic (exact) mass is 316 g/mol. The first-order valence-electron chi connectivity index (χ1n) is 7.32. The third kappa shape index (κ3) is 3.54. The molecule has 114 valence electrons. The fraction of sp³-hybridized carbons (Fsp3) is 0.312. The van der Waals surface area contributed by atoms with Crippen LogP contribution >= 0.6 is 11.6 Å². The van der Waals surface area contributed by atoms with E-state index < -0.39 is 0 Å². The van der Waals surface area contributed by atoms with Gasteiger partial charge >= 0.3 is 0 Å². The molecular formula is C16H17ClN4O. The highest BCUT2D eigenvalue weighted by molar-refractivity contribution is 6.30. The summed E-state index contributed by atoms with van der Waals surface area (Å²) in [6.45, 7) is 2.25. The SMILES string of the molecule is O=C(c1cc(NCc2ccc(Cl)cc2)ncn1)N1CCCC1. The van der Waals surface area contributed by atoms with Gasteiger partial charge in [-0.05, 0) is 30.5 Å². The highest BCUT2D eigenvalue weighted by Gasteiger charge is 2.20. The summed E-state index contributed by atoms with van der Waals surface area (Å²) in [5, 5.41) is 3.91. The summed E-state index contributed by atoms with van der Waals surface area (Å²) in [5.41, 5.74) is 1.53. The Labute approximate surface area is 134 Å². The fourth-order valence-corrected chi connectivity index (χ4v) is 2.57. The second-order valence-corrected chi connectivity index (χ2v) is 5.70. The predicted octanol–water partition coefficient (Wildman–Crippen LogP) is 2.98. The predicted molar refractivity (Wildman–Crippen MR) is 85.9 cm³/mol. The molecule has 1 amide bonds. The van der Waals surface area contributed by atoms with Crippen LogP contribution in [0.25, 0.3) is 0 Å². The Balaban J connectivity index is 1.65. The van der Waals surface area contributed by atoms with E-state index in [1.807, 2.05) is 29.2 Å². The van der Waals surface area contributed by atoms with Gasteiger partial charge in [0.1, 0.15) is 17.8 Å². The molecule has 22 heavy (non-hydrogen) atoms. The van der Waals surface area contributed by atoms with Gasteiger partial charge in [-0.1, -0.05) is 23.7 Å². The molecule has 0 saturated carbocycles. The zero-order valence-electron chi connectivity index (χ0n) is 12.1. The second kappa shape index (κ2) is 6.75. The summed E-state index contributed by atoms with van der Waals surface area (Å²) in [6, 6.07) is 9.30. The molecule has 1 N–H and O–H groups in total. The summed E-state index contributed by atoms with van der Waals surface area (Å²) in [6.07, 6.45) is 3.56. The summed E-state index contributed by atoms with van der Waals surface area (Å²) >= 11 is 5.86. The van der Waals surface area contributed by atoms with E-state index in [1.165, 1.54) is 6.33 Å². The number of benzene rings is 1. The molecule has 5 nitrogen and oxygen atoms in total. The van der Waals surface area contributed by atoms with Crippen molar-refractivity contribution < 1.29 is 4.79 Å². The van der Waals surface area contributed by atoms with E-state index in [4.69, 9.17) is 11.6 Å². The molecule has 3 rings (SSSR count). The van der Waals surface area contributed by atoms with Crippen LogP contribution in [0.5, 0.6) is 0 Å². The fourth-order valence-electron chi connectivity index (χ4n) is 2.45. The van der Waals surface area contributed by atoms with Gasteiger partial charge < -0.3 is 10.2 Å². The number of hydrogen-bond donors (Lipinski definition) is 1. The van der Waals surface area contributed by atoms with Crippen LogP contribution in [0.3, 0.4) is 0 Å². The number of rotatable bonds is 4. The average molecular weight is 317 g/mol. The second-order valence-electron chi connectivity index (χ2n) is 5.27. The molecule has 2 heterocycles. The molecular weight excluding hydrogens is 300 g/mol. The molecule has 0 atom stereocenters. The molecule has 1 aromatic heterocycles. The Bertz CT molecular complexity index is 653. The van der Waals surface area contributed by atoms with Crippen molar-refractivity contribution in [2.45, 2.75) is 19.4 Å². The smallest absolute Gasteiger partial charge is 0.272 e. The maximum atomic E-state index is 12.3. The molecule has 1 aromatic carbocycles. The topological polar surface area (TPSA) is 58.1 Å². The number of aromatic nitrogens is 2. The number of hydrogen-bond acceptors (Lipinski definition) is 4. The average Bonchev–Trinajstić information content (AvgIpc) is 3.08. The van der Waals surface area contributed by atoms with E-state index in [1.54, 1.807) is 6.07 Å². The minimum Gasteiger partial charge on any atom is -0.366 e. The van der Waals surface area contributed by atoms with Crippen molar-refractivity contribution in [2.24, 2.45) is 0 Å². The minimum atomic E-state index is -0.0190. The summed E-state index contributed by atoms with van der Waals surface area (Å²) < 4.78 is 0. The molecule has 0 unspecified atom stereocenters. The first kappa shape index (κ1) is 14.8. The van der Waals surface area contributed by atoms with Crippen molar-refractivity contribution in [1.29, 1.82) is 0 Å². The van der Waals surface area contributed by atoms with E-state index in [2.05, 4.69) is 15.3 Å². The number of carbonyl (C=O) groups excluding carboxylic acids is 1. The maximum absolute atomic E-state index is 12.3. The summed E-state index contributed by atoms with van der Waals surface area (Å²) in [7, 11) is 0. The number of halogens is 1. The van der Waals surface area contributed by atoms with Gasteiger partial charge in [-0.15, -0.1) is 0 Å². The normalized spacial score (nSPS) is 14.1. The molecule has 6 heteroatoms. The minimum absolute atomic E-state index is 0.0190. The molecule has 0 radical (unpaired) electrons. The van der Waals surface area contributed by atoms with Crippen LogP contribution in [0.1, 0.15) is 28.9 Å². The molecule has 0 spiro atoms. The standard InChI is InChI=1S/C16H17ClN4O/c17-13-5-3-12(4-6-13)10-18-15-9-14(19-11-20-15)16(22)21-7-1-2-8-21/h3-6,9,11H,1-2,7-8,10H2,(H,18,19,20). The van der Waals surface area contributed by atoms with E-state index in [9.17, 15) is 4.79 Å². The lowest BCUT2D eigenvalue weighted by Crippen LogP contribution is -2.28. The molecule has 0 bridgehead atoms. The van der Waals surface area contributed by atoms with Crippen molar-refractivity contribution in [2.75, 3.05) is 18.4 Å². The van der Waals surface area contributed by atoms with Gasteiger partial charge in [0.15, 0.2) is 0 Å². The van der Waals surface area contributed by atoms with E-state index in [-0.39, 0.29) is 5.91 Å². The summed E-state index contributed by atoms with van der Waals surface area (Å²) in [5.74, 6) is 0.627. The Morgan fingerprint density at radius 1 is 1.18 bits per heavy atom. The molecule has 0 aliphatic carbocycles. The Morgan fingerprint density at radius 2 is 1.91 bits per heavy atom. The lowest BCUT2D eigenvalue weighted by Gasteiger charge is -2.14. The molecule has 1 saturated heterocycles. The highest BCUT2D eigenvalue weighted by Crippen LogP contribution is 2.14. The van der Waals surface area contributed by atoms with Crippen LogP contribution in [0.2, 0.25) is 5.02 Å². The first-order chi connectivity index (χ1) is 10.7. The number of nitrogens with one attached hydrogen (secondary N) is 1. The van der Waals surface area contributed by atoms with Crippen molar-refractivity contribution in [3.63, 3.8) is 0 Å². The highest BCUT2D eigenvalue weighted by atomic mass is 35.5. The third-order valence-electron chi connectivity index (χ3n) is 3.67. The maximum Gasteiger partial charge on any atom is 0.272 e. The van der Waals surface area contributed by atoms with E-state index in [0.29, 0.717) is 23.1 Å². The van der Waals surface area contributed by atoms with Crippen molar-refractivity contribution in [1.82, 2.24) is 14.9 Å². The number of amides is 1. The Kier molecular flexibility index (Phi) is 4.53. The van der Waals surface area contributed by atoms with Gasteiger partial charge in [0.05, 0.1) is 0 Å². The third-order valence-corrected chi connectivity index (χ3v) is 3.92. The summed E-state index contributed by atoms with van der Waals surface area (Å²) in [4.78, 5) is 22.4. The number of nitrogens with zero attached hydrogens (tertiary/aromatic N) is 3. The van der Waals surface area contributed by atoms with Crippen LogP contribution in [0, 0.1) is 0 Å². The van der Waals surface area contributed by atoms with E-state index in [0.717, 1.165) is 31.5 Å². The van der Waals surface area contributed by atoms with Gasteiger partial charge in [0.25, 0.3) is 5.91 Å². The molecule has 2 aromatic rings. The van der Waals surface area contributed by atoms with E-state index >= 15 is 0 Å². The van der Waals surface area contributed by atoms with Crippen LogP contribution < -0.4 is 5.32 Å². The molecule has 1 aliphatic rings. The van der Waals surface area contributed by atoms with Gasteiger partial charge in [-0.25, -0.2) is 9.97 Å². The largest absolute Gasteiger partial charge is 0.366 e. The van der Waals surface area contributed by atoms with Crippen LogP contribution in [0.4, 0.5) is 5.82 Å². The van der Waals surface area contributed by atoms with Gasteiger partial charge in [0.2, 0.25) is 0 Å². The van der Waals surface area contributed by atoms with Crippen LogP contribution in [0.15, 0.2) is 36.7 Å².